The van der Waals surface area contributed by atoms with Crippen LogP contribution >= 0.6 is 0 Å². The summed E-state index contributed by atoms with van der Waals surface area (Å²) >= 11 is 0. The van der Waals surface area contributed by atoms with Crippen molar-refractivity contribution < 1.29 is 9.53 Å². The van der Waals surface area contributed by atoms with E-state index in [2.05, 4.69) is 59.5 Å². The van der Waals surface area contributed by atoms with E-state index in [1.165, 1.54) is 16.8 Å². The Hall–Kier alpha value is -3.07. The zero-order valence-electron chi connectivity index (χ0n) is 18.0. The summed E-state index contributed by atoms with van der Waals surface area (Å²) in [7, 11) is 0. The van der Waals surface area contributed by atoms with Gasteiger partial charge in [-0.1, -0.05) is 48.5 Å². The van der Waals surface area contributed by atoms with Crippen LogP contribution < -0.4 is 4.90 Å². The van der Waals surface area contributed by atoms with E-state index in [4.69, 9.17) is 4.74 Å². The van der Waals surface area contributed by atoms with Crippen LogP contribution in [0.5, 0.6) is 0 Å². The minimum atomic E-state index is -0.498. The molecule has 3 heteroatoms. The van der Waals surface area contributed by atoms with Crippen molar-refractivity contribution in [3.63, 3.8) is 0 Å². The summed E-state index contributed by atoms with van der Waals surface area (Å²) in [4.78, 5) is 14.9. The van der Waals surface area contributed by atoms with Crippen LogP contribution in [0.4, 0.5) is 11.4 Å². The molecule has 1 heterocycles. The first kappa shape index (κ1) is 20.2. The van der Waals surface area contributed by atoms with Crippen LogP contribution in [-0.2, 0) is 17.6 Å². The number of fused-ring (bicyclic) bond motifs is 1. The Kier molecular flexibility index (Phi) is 5.63. The minimum absolute atomic E-state index is 0.283. The third kappa shape index (κ3) is 4.56. The molecule has 1 atom stereocenters. The van der Waals surface area contributed by atoms with Crippen molar-refractivity contribution in [3.8, 4) is 0 Å². The topological polar surface area (TPSA) is 29.5 Å². The molecule has 0 fully saturated rings. The molecule has 0 aromatic heterocycles. The lowest BCUT2D eigenvalue weighted by atomic mass is 9.91. The van der Waals surface area contributed by atoms with Crippen molar-refractivity contribution in [2.24, 2.45) is 0 Å². The largest absolute Gasteiger partial charge is 0.456 e. The summed E-state index contributed by atoms with van der Waals surface area (Å²) in [5.74, 6) is -0.283. The van der Waals surface area contributed by atoms with Crippen LogP contribution in [0, 0.1) is 0 Å². The molecule has 1 aliphatic rings. The molecule has 0 radical (unpaired) electrons. The van der Waals surface area contributed by atoms with Gasteiger partial charge in [-0.15, -0.1) is 0 Å². The number of para-hydroxylation sites is 1. The van der Waals surface area contributed by atoms with E-state index in [1.54, 1.807) is 0 Å². The fourth-order valence-electron chi connectivity index (χ4n) is 4.13. The van der Waals surface area contributed by atoms with Crippen LogP contribution in [-0.4, -0.2) is 17.6 Å². The average Bonchev–Trinajstić information content (AvgIpc) is 2.73. The standard InChI is InChI=1S/C27H29NO2/c1-27(2,3)30-26(29)22-14-16-23(17-15-22)28-24(19-20-9-5-4-6-10-20)18-13-21-11-7-8-12-25(21)28/h4-12,14-17,24H,13,18-19H2,1-3H3. The van der Waals surface area contributed by atoms with Crippen molar-refractivity contribution in [3.05, 3.63) is 95.6 Å². The van der Waals surface area contributed by atoms with Crippen LogP contribution in [0.1, 0.15) is 48.7 Å². The summed E-state index contributed by atoms with van der Waals surface area (Å²) in [6.07, 6.45) is 3.17. The summed E-state index contributed by atoms with van der Waals surface area (Å²) < 4.78 is 5.51. The molecule has 3 aromatic rings. The number of carbonyl (C=O) groups excluding carboxylic acids is 1. The molecule has 4 rings (SSSR count). The number of hydrogen-bond acceptors (Lipinski definition) is 3. The molecule has 0 saturated carbocycles. The molecule has 0 bridgehead atoms. The molecule has 0 saturated heterocycles. The monoisotopic (exact) mass is 399 g/mol. The molecular weight excluding hydrogens is 370 g/mol. The highest BCUT2D eigenvalue weighted by Gasteiger charge is 2.28. The van der Waals surface area contributed by atoms with Gasteiger partial charge in [0.15, 0.2) is 0 Å². The van der Waals surface area contributed by atoms with Crippen LogP contribution in [0.3, 0.4) is 0 Å². The molecular formula is C27H29NO2. The molecule has 1 unspecified atom stereocenters. The van der Waals surface area contributed by atoms with Crippen molar-refractivity contribution in [1.29, 1.82) is 0 Å². The third-order valence-corrected chi connectivity index (χ3v) is 5.46. The Morgan fingerprint density at radius 2 is 1.60 bits per heavy atom. The van der Waals surface area contributed by atoms with E-state index in [1.807, 2.05) is 45.0 Å². The molecule has 0 N–H and O–H groups in total. The number of rotatable bonds is 4. The smallest absolute Gasteiger partial charge is 0.338 e. The lowest BCUT2D eigenvalue weighted by Gasteiger charge is -2.39. The molecule has 30 heavy (non-hydrogen) atoms. The minimum Gasteiger partial charge on any atom is -0.456 e. The number of aryl methyl sites for hydroxylation is 1. The van der Waals surface area contributed by atoms with E-state index in [-0.39, 0.29) is 5.97 Å². The third-order valence-electron chi connectivity index (χ3n) is 5.46. The number of nitrogens with zero attached hydrogens (tertiary/aromatic N) is 1. The number of hydrogen-bond donors (Lipinski definition) is 0. The molecule has 3 aromatic carbocycles. The quantitative estimate of drug-likeness (QED) is 0.480. The number of ether oxygens (including phenoxy) is 1. The summed E-state index contributed by atoms with van der Waals surface area (Å²) in [6, 6.07) is 27.5. The van der Waals surface area contributed by atoms with Gasteiger partial charge in [0.2, 0.25) is 0 Å². The number of anilines is 2. The lowest BCUT2D eigenvalue weighted by molar-refractivity contribution is 0.00695. The predicted molar refractivity (Wildman–Crippen MR) is 122 cm³/mol. The van der Waals surface area contributed by atoms with Gasteiger partial charge in [-0.3, -0.25) is 0 Å². The van der Waals surface area contributed by atoms with Gasteiger partial charge in [0, 0.05) is 17.4 Å². The van der Waals surface area contributed by atoms with Gasteiger partial charge in [-0.05, 0) is 81.5 Å². The number of carbonyl (C=O) groups is 1. The van der Waals surface area contributed by atoms with E-state index in [9.17, 15) is 4.79 Å². The fourth-order valence-corrected chi connectivity index (χ4v) is 4.13. The van der Waals surface area contributed by atoms with Gasteiger partial charge in [0.05, 0.1) is 5.56 Å². The Balaban J connectivity index is 1.65. The first-order chi connectivity index (χ1) is 14.4. The van der Waals surface area contributed by atoms with E-state index in [0.717, 1.165) is 24.9 Å². The van der Waals surface area contributed by atoms with Gasteiger partial charge in [-0.2, -0.15) is 0 Å². The van der Waals surface area contributed by atoms with E-state index < -0.39 is 5.60 Å². The van der Waals surface area contributed by atoms with Crippen molar-refractivity contribution in [2.45, 2.75) is 51.7 Å². The predicted octanol–water partition coefficient (Wildman–Crippen LogP) is 6.34. The van der Waals surface area contributed by atoms with Gasteiger partial charge in [0.1, 0.15) is 5.60 Å². The maximum Gasteiger partial charge on any atom is 0.338 e. The van der Waals surface area contributed by atoms with Gasteiger partial charge < -0.3 is 9.64 Å². The maximum atomic E-state index is 12.4. The zero-order chi connectivity index (χ0) is 21.1. The van der Waals surface area contributed by atoms with Crippen molar-refractivity contribution >= 4 is 17.3 Å². The van der Waals surface area contributed by atoms with Gasteiger partial charge in [-0.25, -0.2) is 4.79 Å². The van der Waals surface area contributed by atoms with E-state index in [0.29, 0.717) is 11.6 Å². The highest BCUT2D eigenvalue weighted by Crippen LogP contribution is 2.38. The second-order valence-electron chi connectivity index (χ2n) is 8.93. The maximum absolute atomic E-state index is 12.4. The number of benzene rings is 3. The Labute approximate surface area is 179 Å². The second kappa shape index (κ2) is 8.35. The average molecular weight is 400 g/mol. The zero-order valence-corrected chi connectivity index (χ0v) is 18.0. The van der Waals surface area contributed by atoms with E-state index >= 15 is 0 Å². The molecule has 1 aliphatic heterocycles. The molecule has 0 amide bonds. The lowest BCUT2D eigenvalue weighted by Crippen LogP contribution is -2.37. The normalized spacial score (nSPS) is 16.1. The number of esters is 1. The van der Waals surface area contributed by atoms with Crippen molar-refractivity contribution in [2.75, 3.05) is 4.90 Å². The summed E-state index contributed by atoms with van der Waals surface area (Å²) in [5, 5.41) is 0. The first-order valence-corrected chi connectivity index (χ1v) is 10.7. The molecule has 3 nitrogen and oxygen atoms in total. The summed E-state index contributed by atoms with van der Waals surface area (Å²) in [5.41, 5.74) is 5.17. The van der Waals surface area contributed by atoms with Gasteiger partial charge >= 0.3 is 5.97 Å². The highest BCUT2D eigenvalue weighted by molar-refractivity contribution is 5.90. The van der Waals surface area contributed by atoms with Gasteiger partial charge in [0.25, 0.3) is 0 Å². The SMILES string of the molecule is CC(C)(C)OC(=O)c1ccc(N2c3ccccc3CCC2Cc2ccccc2)cc1. The molecule has 0 aliphatic carbocycles. The van der Waals surface area contributed by atoms with Crippen LogP contribution in [0.25, 0.3) is 0 Å². The first-order valence-electron chi connectivity index (χ1n) is 10.7. The Bertz CT molecular complexity index is 1000. The van der Waals surface area contributed by atoms with Crippen molar-refractivity contribution in [1.82, 2.24) is 0 Å². The molecule has 154 valence electrons. The highest BCUT2D eigenvalue weighted by atomic mass is 16.6. The second-order valence-corrected chi connectivity index (χ2v) is 8.93. The molecule has 0 spiro atoms. The summed E-state index contributed by atoms with van der Waals surface area (Å²) in [6.45, 7) is 5.66. The van der Waals surface area contributed by atoms with Crippen LogP contribution in [0.15, 0.2) is 78.9 Å². The Morgan fingerprint density at radius 3 is 2.30 bits per heavy atom. The van der Waals surface area contributed by atoms with Crippen LogP contribution in [0.2, 0.25) is 0 Å². The fraction of sp³-hybridized carbons (Fsp3) is 0.296. The Morgan fingerprint density at radius 1 is 0.933 bits per heavy atom.